The Kier molecular flexibility index (Phi) is 3.74. The van der Waals surface area contributed by atoms with E-state index >= 15 is 0 Å². The Hall–Kier alpha value is -0.780. The minimum absolute atomic E-state index is 0.520. The molecule has 1 aromatic carbocycles. The predicted octanol–water partition coefficient (Wildman–Crippen LogP) is 4.25. The van der Waals surface area contributed by atoms with Crippen LogP contribution in [0.25, 0.3) is 5.03 Å². The largest absolute Gasteiger partial charge is 0.193 e. The van der Waals surface area contributed by atoms with Crippen molar-refractivity contribution in [1.29, 1.82) is 5.26 Å². The molecule has 0 aliphatic carbocycles. The lowest BCUT2D eigenvalue weighted by atomic mass is 10.1. The quantitative estimate of drug-likeness (QED) is 0.700. The Labute approximate surface area is 97.1 Å². The molecule has 0 amide bonds. The van der Waals surface area contributed by atoms with Crippen LogP contribution >= 0.6 is 27.5 Å². The van der Waals surface area contributed by atoms with Gasteiger partial charge in [-0.05, 0) is 31.0 Å². The number of benzene rings is 1. The normalized spacial score (nSPS) is 11.9. The van der Waals surface area contributed by atoms with Gasteiger partial charge < -0.3 is 0 Å². The molecule has 0 N–H and O–H groups in total. The van der Waals surface area contributed by atoms with Crippen LogP contribution in [0.1, 0.15) is 18.1 Å². The van der Waals surface area contributed by atoms with Crippen molar-refractivity contribution >= 4 is 32.6 Å². The van der Waals surface area contributed by atoms with Crippen LogP contribution in [0.2, 0.25) is 0 Å². The van der Waals surface area contributed by atoms with E-state index in [1.54, 1.807) is 6.92 Å². The average molecular weight is 271 g/mol. The zero-order valence-electron chi connectivity index (χ0n) is 7.94. The van der Waals surface area contributed by atoms with Crippen LogP contribution in [-0.4, -0.2) is 0 Å². The van der Waals surface area contributed by atoms with Gasteiger partial charge in [-0.2, -0.15) is 5.26 Å². The second-order valence-corrected chi connectivity index (χ2v) is 4.20. The number of hydrogen-bond donors (Lipinski definition) is 0. The molecule has 0 aromatic heterocycles. The van der Waals surface area contributed by atoms with Gasteiger partial charge in [-0.3, -0.25) is 0 Å². The van der Waals surface area contributed by atoms with Crippen LogP contribution in [0.4, 0.5) is 0 Å². The van der Waals surface area contributed by atoms with Crippen LogP contribution in [0.3, 0.4) is 0 Å². The highest BCUT2D eigenvalue weighted by Crippen LogP contribution is 2.29. The first-order chi connectivity index (χ1) is 6.57. The van der Waals surface area contributed by atoms with Gasteiger partial charge in [0.15, 0.2) is 0 Å². The molecular weight excluding hydrogens is 261 g/mol. The Balaban J connectivity index is 3.36. The van der Waals surface area contributed by atoms with Gasteiger partial charge in [0, 0.05) is 10.0 Å². The van der Waals surface area contributed by atoms with E-state index in [1.807, 2.05) is 31.2 Å². The highest BCUT2D eigenvalue weighted by molar-refractivity contribution is 9.10. The van der Waals surface area contributed by atoms with Gasteiger partial charge in [0.05, 0.1) is 11.1 Å². The summed E-state index contributed by atoms with van der Waals surface area (Å²) in [6.45, 7) is 3.68. The van der Waals surface area contributed by atoms with Gasteiger partial charge >= 0.3 is 0 Å². The maximum Gasteiger partial charge on any atom is 0.0959 e. The lowest BCUT2D eigenvalue weighted by Gasteiger charge is -2.06. The van der Waals surface area contributed by atoms with E-state index in [1.165, 1.54) is 0 Å². The molecule has 72 valence electrons. The van der Waals surface area contributed by atoms with Crippen molar-refractivity contribution in [3.05, 3.63) is 39.4 Å². The predicted molar refractivity (Wildman–Crippen MR) is 62.9 cm³/mol. The molecule has 0 saturated heterocycles. The SMILES string of the molecule is C/C(C#N)=C(/Cl)c1cccc(Br)c1C. The fraction of sp³-hybridized carbons (Fsp3) is 0.182. The molecular formula is C11H9BrClN. The van der Waals surface area contributed by atoms with Gasteiger partial charge in [-0.1, -0.05) is 39.7 Å². The summed E-state index contributed by atoms with van der Waals surface area (Å²) in [5.74, 6) is 0. The Morgan fingerprint density at radius 2 is 2.14 bits per heavy atom. The van der Waals surface area contributed by atoms with Gasteiger partial charge in [0.1, 0.15) is 0 Å². The van der Waals surface area contributed by atoms with Crippen molar-refractivity contribution in [3.63, 3.8) is 0 Å². The van der Waals surface area contributed by atoms with Gasteiger partial charge in [-0.25, -0.2) is 0 Å². The molecule has 0 radical (unpaired) electrons. The lowest BCUT2D eigenvalue weighted by molar-refractivity contribution is 1.38. The third kappa shape index (κ3) is 2.17. The lowest BCUT2D eigenvalue weighted by Crippen LogP contribution is -1.87. The molecule has 1 aromatic rings. The topological polar surface area (TPSA) is 23.8 Å². The summed E-state index contributed by atoms with van der Waals surface area (Å²) in [5.41, 5.74) is 2.49. The zero-order chi connectivity index (χ0) is 10.7. The summed E-state index contributed by atoms with van der Waals surface area (Å²) < 4.78 is 0.999. The van der Waals surface area contributed by atoms with Crippen LogP contribution in [0.5, 0.6) is 0 Å². The molecule has 0 unspecified atom stereocenters. The van der Waals surface area contributed by atoms with Gasteiger partial charge in [0.25, 0.3) is 0 Å². The number of nitrogens with zero attached hydrogens (tertiary/aromatic N) is 1. The number of hydrogen-bond acceptors (Lipinski definition) is 1. The molecule has 1 nitrogen and oxygen atoms in total. The van der Waals surface area contributed by atoms with E-state index in [2.05, 4.69) is 15.9 Å². The minimum atomic E-state index is 0.520. The summed E-state index contributed by atoms with van der Waals surface area (Å²) in [7, 11) is 0. The van der Waals surface area contributed by atoms with Crippen molar-refractivity contribution in [3.8, 4) is 6.07 Å². The Bertz CT molecular complexity index is 429. The third-order valence-corrected chi connectivity index (χ3v) is 3.35. The summed E-state index contributed by atoms with van der Waals surface area (Å²) in [5, 5.41) is 9.24. The van der Waals surface area contributed by atoms with E-state index < -0.39 is 0 Å². The number of allylic oxidation sites excluding steroid dienone is 1. The molecule has 0 spiro atoms. The summed E-state index contributed by atoms with van der Waals surface area (Å²) >= 11 is 9.49. The van der Waals surface area contributed by atoms with E-state index in [-0.39, 0.29) is 0 Å². The summed E-state index contributed by atoms with van der Waals surface area (Å²) in [6, 6.07) is 7.80. The third-order valence-electron chi connectivity index (χ3n) is 2.00. The maximum absolute atomic E-state index is 8.72. The van der Waals surface area contributed by atoms with Crippen molar-refractivity contribution in [2.75, 3.05) is 0 Å². The Morgan fingerprint density at radius 3 is 2.71 bits per heavy atom. The van der Waals surface area contributed by atoms with Crippen LogP contribution in [0.15, 0.2) is 28.2 Å². The van der Waals surface area contributed by atoms with Crippen LogP contribution in [-0.2, 0) is 0 Å². The Morgan fingerprint density at radius 1 is 1.50 bits per heavy atom. The minimum Gasteiger partial charge on any atom is -0.193 e. The van der Waals surface area contributed by atoms with Crippen molar-refractivity contribution in [1.82, 2.24) is 0 Å². The molecule has 14 heavy (non-hydrogen) atoms. The van der Waals surface area contributed by atoms with E-state index in [9.17, 15) is 0 Å². The monoisotopic (exact) mass is 269 g/mol. The first-order valence-corrected chi connectivity index (χ1v) is 5.27. The molecule has 3 heteroatoms. The standard InChI is InChI=1S/C11H9BrClN/c1-7(6-14)11(13)9-4-3-5-10(12)8(9)2/h3-5H,1-2H3/b11-7-. The second-order valence-electron chi connectivity index (χ2n) is 2.96. The molecule has 0 atom stereocenters. The van der Waals surface area contributed by atoms with Crippen molar-refractivity contribution in [2.45, 2.75) is 13.8 Å². The smallest absolute Gasteiger partial charge is 0.0959 e. The molecule has 0 heterocycles. The zero-order valence-corrected chi connectivity index (χ0v) is 10.3. The van der Waals surface area contributed by atoms with Crippen LogP contribution < -0.4 is 0 Å². The number of halogens is 2. The van der Waals surface area contributed by atoms with Crippen molar-refractivity contribution < 1.29 is 0 Å². The average Bonchev–Trinajstić information content (AvgIpc) is 2.20. The van der Waals surface area contributed by atoms with Crippen LogP contribution in [0, 0.1) is 18.3 Å². The molecule has 0 aliphatic rings. The first kappa shape index (κ1) is 11.3. The molecule has 0 fully saturated rings. The van der Waals surface area contributed by atoms with Gasteiger partial charge in [-0.15, -0.1) is 0 Å². The van der Waals surface area contributed by atoms with Crippen molar-refractivity contribution in [2.24, 2.45) is 0 Å². The summed E-state index contributed by atoms with van der Waals surface area (Å²) in [4.78, 5) is 0. The highest BCUT2D eigenvalue weighted by atomic mass is 79.9. The highest BCUT2D eigenvalue weighted by Gasteiger charge is 2.07. The summed E-state index contributed by atoms with van der Waals surface area (Å²) in [6.07, 6.45) is 0. The fourth-order valence-corrected chi connectivity index (χ4v) is 1.71. The van der Waals surface area contributed by atoms with E-state index in [0.29, 0.717) is 10.6 Å². The number of rotatable bonds is 1. The maximum atomic E-state index is 8.72. The van der Waals surface area contributed by atoms with E-state index in [0.717, 1.165) is 15.6 Å². The number of nitriles is 1. The first-order valence-electron chi connectivity index (χ1n) is 4.10. The molecule has 0 saturated carbocycles. The molecule has 0 aliphatic heterocycles. The molecule has 1 rings (SSSR count). The van der Waals surface area contributed by atoms with E-state index in [4.69, 9.17) is 16.9 Å². The van der Waals surface area contributed by atoms with Gasteiger partial charge in [0.2, 0.25) is 0 Å². The molecule has 0 bridgehead atoms. The fourth-order valence-electron chi connectivity index (χ4n) is 1.10. The second kappa shape index (κ2) is 4.63.